The van der Waals surface area contributed by atoms with E-state index in [0.717, 1.165) is 10.0 Å². The lowest BCUT2D eigenvalue weighted by molar-refractivity contribution is -0.124. The van der Waals surface area contributed by atoms with E-state index in [1.807, 2.05) is 6.07 Å². The van der Waals surface area contributed by atoms with E-state index < -0.39 is 0 Å². The molecule has 6 nitrogen and oxygen atoms in total. The zero-order valence-corrected chi connectivity index (χ0v) is 16.3. The second-order valence-corrected chi connectivity index (χ2v) is 6.54. The minimum absolute atomic E-state index is 0.0239. The fourth-order valence-corrected chi connectivity index (χ4v) is 2.76. The summed E-state index contributed by atoms with van der Waals surface area (Å²) in [6, 6.07) is 12.2. The quantitative estimate of drug-likeness (QED) is 0.507. The number of benzene rings is 2. The Hall–Kier alpha value is -2.38. The van der Waals surface area contributed by atoms with E-state index in [4.69, 9.17) is 16.3 Å². The molecule has 0 fully saturated rings. The number of hydrazone groups is 1. The van der Waals surface area contributed by atoms with Gasteiger partial charge in [-0.1, -0.05) is 17.7 Å². The molecular weight excluding hydrogens is 422 g/mol. The van der Waals surface area contributed by atoms with Gasteiger partial charge in [0.1, 0.15) is 5.75 Å². The number of hydrogen-bond acceptors (Lipinski definition) is 4. The van der Waals surface area contributed by atoms with Crippen molar-refractivity contribution < 1.29 is 14.3 Å². The van der Waals surface area contributed by atoms with Crippen molar-refractivity contribution in [2.24, 2.45) is 5.10 Å². The van der Waals surface area contributed by atoms with Gasteiger partial charge in [-0.2, -0.15) is 5.10 Å². The highest BCUT2D eigenvalue weighted by molar-refractivity contribution is 9.10. The first-order valence-corrected chi connectivity index (χ1v) is 8.86. The third kappa shape index (κ3) is 6.50. The fourth-order valence-electron chi connectivity index (χ4n) is 2.01. The molecule has 0 radical (unpaired) electrons. The van der Waals surface area contributed by atoms with Gasteiger partial charge in [0.15, 0.2) is 0 Å². The SMILES string of the molecule is COc1ccc(C=NNC(=O)CCC(=O)Nc2cccc(Cl)c2)cc1Br. The van der Waals surface area contributed by atoms with Crippen molar-refractivity contribution in [2.75, 3.05) is 12.4 Å². The van der Waals surface area contributed by atoms with Crippen LogP contribution < -0.4 is 15.5 Å². The van der Waals surface area contributed by atoms with Crippen molar-refractivity contribution in [3.63, 3.8) is 0 Å². The van der Waals surface area contributed by atoms with E-state index >= 15 is 0 Å². The Balaban J connectivity index is 1.76. The van der Waals surface area contributed by atoms with E-state index in [9.17, 15) is 9.59 Å². The van der Waals surface area contributed by atoms with Gasteiger partial charge in [-0.15, -0.1) is 0 Å². The number of carbonyl (C=O) groups is 2. The average Bonchev–Trinajstić information content (AvgIpc) is 2.60. The number of hydrogen-bond donors (Lipinski definition) is 2. The maximum Gasteiger partial charge on any atom is 0.240 e. The number of ether oxygens (including phenoxy) is 1. The van der Waals surface area contributed by atoms with Crippen molar-refractivity contribution in [1.82, 2.24) is 5.43 Å². The monoisotopic (exact) mass is 437 g/mol. The fraction of sp³-hybridized carbons (Fsp3) is 0.167. The van der Waals surface area contributed by atoms with E-state index in [0.29, 0.717) is 16.5 Å². The molecule has 2 rings (SSSR count). The Morgan fingerprint density at radius 3 is 2.65 bits per heavy atom. The predicted molar refractivity (Wildman–Crippen MR) is 106 cm³/mol. The molecule has 2 aromatic carbocycles. The molecule has 2 amide bonds. The standard InChI is InChI=1S/C18H17BrClN3O3/c1-26-16-6-5-12(9-15(16)19)11-21-23-18(25)8-7-17(24)22-14-4-2-3-13(20)10-14/h2-6,9-11H,7-8H2,1H3,(H,22,24)(H,23,25). The minimum atomic E-state index is -0.352. The molecule has 2 aromatic rings. The zero-order chi connectivity index (χ0) is 18.9. The maximum absolute atomic E-state index is 11.8. The molecule has 0 heterocycles. The van der Waals surface area contributed by atoms with E-state index in [2.05, 4.69) is 31.8 Å². The number of methoxy groups -OCH3 is 1. The second kappa shape index (κ2) is 9.94. The number of amides is 2. The van der Waals surface area contributed by atoms with Crippen LogP contribution in [0.3, 0.4) is 0 Å². The first-order valence-electron chi connectivity index (χ1n) is 7.69. The number of carbonyl (C=O) groups excluding carboxylic acids is 2. The Bertz CT molecular complexity index is 827. The molecular formula is C18H17BrClN3O3. The van der Waals surface area contributed by atoms with E-state index in [-0.39, 0.29) is 24.7 Å². The Kier molecular flexibility index (Phi) is 7.62. The van der Waals surface area contributed by atoms with Crippen LogP contribution in [0.15, 0.2) is 52.0 Å². The summed E-state index contributed by atoms with van der Waals surface area (Å²) in [7, 11) is 1.58. The Morgan fingerprint density at radius 1 is 1.19 bits per heavy atom. The maximum atomic E-state index is 11.8. The molecule has 0 spiro atoms. The van der Waals surface area contributed by atoms with Crippen LogP contribution in [-0.2, 0) is 9.59 Å². The van der Waals surface area contributed by atoms with Gasteiger partial charge in [0, 0.05) is 23.6 Å². The van der Waals surface area contributed by atoms with Crippen LogP contribution in [0.25, 0.3) is 0 Å². The molecule has 0 aliphatic heterocycles. The van der Waals surface area contributed by atoms with Crippen molar-refractivity contribution in [3.8, 4) is 5.75 Å². The highest BCUT2D eigenvalue weighted by Crippen LogP contribution is 2.24. The summed E-state index contributed by atoms with van der Waals surface area (Å²) in [4.78, 5) is 23.6. The number of rotatable bonds is 7. The van der Waals surface area contributed by atoms with Gasteiger partial charge in [0.2, 0.25) is 11.8 Å². The van der Waals surface area contributed by atoms with Crippen LogP contribution in [0.5, 0.6) is 5.75 Å². The first kappa shape index (κ1) is 19.9. The van der Waals surface area contributed by atoms with Crippen LogP contribution in [0.2, 0.25) is 5.02 Å². The average molecular weight is 439 g/mol. The predicted octanol–water partition coefficient (Wildman–Crippen LogP) is 3.98. The lowest BCUT2D eigenvalue weighted by Gasteiger charge is -2.05. The molecule has 0 aromatic heterocycles. The zero-order valence-electron chi connectivity index (χ0n) is 14.0. The highest BCUT2D eigenvalue weighted by atomic mass is 79.9. The van der Waals surface area contributed by atoms with Gasteiger partial charge in [-0.25, -0.2) is 5.43 Å². The summed E-state index contributed by atoms with van der Waals surface area (Å²) in [5, 5.41) is 7.08. The number of nitrogens with zero attached hydrogens (tertiary/aromatic N) is 1. The van der Waals surface area contributed by atoms with Crippen molar-refractivity contribution in [2.45, 2.75) is 12.8 Å². The molecule has 0 atom stereocenters. The third-order valence-corrected chi connectivity index (χ3v) is 4.12. The molecule has 0 bridgehead atoms. The first-order chi connectivity index (χ1) is 12.5. The lowest BCUT2D eigenvalue weighted by atomic mass is 10.2. The van der Waals surface area contributed by atoms with Gasteiger partial charge in [-0.3, -0.25) is 9.59 Å². The van der Waals surface area contributed by atoms with Crippen LogP contribution >= 0.6 is 27.5 Å². The van der Waals surface area contributed by atoms with Crippen LogP contribution in [-0.4, -0.2) is 25.1 Å². The molecule has 0 saturated heterocycles. The van der Waals surface area contributed by atoms with E-state index in [1.54, 1.807) is 43.5 Å². The topological polar surface area (TPSA) is 79.8 Å². The number of anilines is 1. The second-order valence-electron chi connectivity index (χ2n) is 5.25. The molecule has 0 saturated carbocycles. The van der Waals surface area contributed by atoms with E-state index in [1.165, 1.54) is 6.21 Å². The Labute approximate surface area is 164 Å². The summed E-state index contributed by atoms with van der Waals surface area (Å²) in [5.41, 5.74) is 3.77. The molecule has 0 aliphatic carbocycles. The van der Waals surface area contributed by atoms with Crippen molar-refractivity contribution >= 4 is 51.2 Å². The van der Waals surface area contributed by atoms with Crippen molar-refractivity contribution in [1.29, 1.82) is 0 Å². The lowest BCUT2D eigenvalue weighted by Crippen LogP contribution is -2.20. The molecule has 26 heavy (non-hydrogen) atoms. The normalized spacial score (nSPS) is 10.6. The largest absolute Gasteiger partial charge is 0.496 e. The van der Waals surface area contributed by atoms with Crippen LogP contribution in [0.1, 0.15) is 18.4 Å². The number of halogens is 2. The minimum Gasteiger partial charge on any atom is -0.496 e. The Morgan fingerprint density at radius 2 is 1.96 bits per heavy atom. The van der Waals surface area contributed by atoms with Crippen LogP contribution in [0.4, 0.5) is 5.69 Å². The van der Waals surface area contributed by atoms with Gasteiger partial charge in [0.25, 0.3) is 0 Å². The summed E-state index contributed by atoms with van der Waals surface area (Å²) in [6.45, 7) is 0. The molecule has 0 unspecified atom stereocenters. The van der Waals surface area contributed by atoms with Crippen LogP contribution in [0, 0.1) is 0 Å². The molecule has 0 aliphatic rings. The van der Waals surface area contributed by atoms with Gasteiger partial charge >= 0.3 is 0 Å². The van der Waals surface area contributed by atoms with Crippen molar-refractivity contribution in [3.05, 3.63) is 57.5 Å². The smallest absolute Gasteiger partial charge is 0.240 e. The number of nitrogens with one attached hydrogen (secondary N) is 2. The summed E-state index contributed by atoms with van der Waals surface area (Å²) >= 11 is 9.22. The summed E-state index contributed by atoms with van der Waals surface area (Å²) < 4.78 is 5.92. The van der Waals surface area contributed by atoms with Gasteiger partial charge in [-0.05, 0) is 57.9 Å². The third-order valence-electron chi connectivity index (χ3n) is 3.27. The van der Waals surface area contributed by atoms with Gasteiger partial charge < -0.3 is 10.1 Å². The molecule has 2 N–H and O–H groups in total. The molecule has 8 heteroatoms. The van der Waals surface area contributed by atoms with Gasteiger partial charge in [0.05, 0.1) is 17.8 Å². The molecule has 136 valence electrons. The summed E-state index contributed by atoms with van der Waals surface area (Å²) in [5.74, 6) is 0.0810. The highest BCUT2D eigenvalue weighted by Gasteiger charge is 2.07. The summed E-state index contributed by atoms with van der Waals surface area (Å²) in [6.07, 6.45) is 1.58.